The Morgan fingerprint density at radius 3 is 1.76 bits per heavy atom. The van der Waals surface area contributed by atoms with Crippen LogP contribution in [0.15, 0.2) is 191 Å². The van der Waals surface area contributed by atoms with E-state index in [0.717, 1.165) is 33.3 Å². The van der Waals surface area contributed by atoms with E-state index in [1.54, 1.807) is 0 Å². The van der Waals surface area contributed by atoms with Gasteiger partial charge in [0.05, 0.1) is 22.7 Å². The van der Waals surface area contributed by atoms with Crippen LogP contribution in [0.1, 0.15) is 128 Å². The molecule has 5 heterocycles. The average Bonchev–Trinajstić information content (AvgIpc) is 4.22. The molecule has 0 aliphatic carbocycles. The van der Waals surface area contributed by atoms with Crippen molar-refractivity contribution in [2.45, 2.75) is 121 Å². The lowest BCUT2D eigenvalue weighted by atomic mass is 9.43. The molecule has 386 valence electrons. The molecule has 10 aromatic rings. The van der Waals surface area contributed by atoms with Crippen LogP contribution in [0.5, 0.6) is 0 Å². The van der Waals surface area contributed by atoms with Gasteiger partial charge in [0.1, 0.15) is 11.2 Å². The maximum atomic E-state index is 7.31. The van der Waals surface area contributed by atoms with Gasteiger partial charge in [0.2, 0.25) is 0 Å². The molecule has 1 aromatic heterocycles. The third-order valence-corrected chi connectivity index (χ3v) is 18.8. The molecule has 4 aliphatic heterocycles. The van der Waals surface area contributed by atoms with E-state index in [1.807, 2.05) is 11.8 Å². The Morgan fingerprint density at radius 2 is 1.09 bits per heavy atom. The fraction of sp³-hybridized carbons (Fsp3) is 0.250. The van der Waals surface area contributed by atoms with Gasteiger partial charge in [0.15, 0.2) is 0 Å². The van der Waals surface area contributed by atoms with E-state index in [0.29, 0.717) is 0 Å². The van der Waals surface area contributed by atoms with E-state index in [-0.39, 0.29) is 39.8 Å². The molecule has 6 heteroatoms. The van der Waals surface area contributed by atoms with Gasteiger partial charge in [-0.2, -0.15) is 0 Å². The van der Waals surface area contributed by atoms with Crippen LogP contribution in [-0.2, 0) is 21.7 Å². The van der Waals surface area contributed by atoms with Crippen LogP contribution in [-0.4, -0.2) is 6.85 Å². The van der Waals surface area contributed by atoms with E-state index >= 15 is 0 Å². The van der Waals surface area contributed by atoms with Gasteiger partial charge in [-0.25, -0.2) is 0 Å². The molecule has 0 fully saturated rings. The van der Waals surface area contributed by atoms with Gasteiger partial charge in [-0.05, 0) is 133 Å². The lowest BCUT2D eigenvalue weighted by Gasteiger charge is -2.47. The normalized spacial score (nSPS) is 16.3. The molecule has 0 radical (unpaired) electrons. The van der Waals surface area contributed by atoms with Crippen LogP contribution < -0.4 is 25.5 Å². The zero-order valence-electron chi connectivity index (χ0n) is 47.2. The van der Waals surface area contributed by atoms with Crippen LogP contribution in [0.4, 0.5) is 39.8 Å². The number of para-hydroxylation sites is 1. The Bertz CT molecular complexity index is 4010. The standard InChI is InChI=1S/C72H68BN3OS/c1-69(2,3)44-26-32-48(33-27-44)74(49-34-28-45(29-35-49)70(4,5)6)57-39-36-52-62-64-59(42-54-50-22-16-18-24-60(50)77-67(54)62)75(56-38-31-46(71(7,8)9)40-53(56)43-20-14-13-15-21-43)58-41-47(72(10,11)12)30-37-55(58)73(64)76-65(52)63(57)68-66(76)51-23-17-19-25-61(51)78-68/h13-42,66,68H,1-12H3. The zero-order valence-corrected chi connectivity index (χ0v) is 48.0. The molecule has 0 N–H and O–H groups in total. The van der Waals surface area contributed by atoms with Crippen molar-refractivity contribution in [3.8, 4) is 22.3 Å². The molecule has 0 spiro atoms. The number of rotatable bonds is 5. The van der Waals surface area contributed by atoms with Gasteiger partial charge in [0.25, 0.3) is 0 Å². The number of hydrogen-bond donors (Lipinski definition) is 0. The summed E-state index contributed by atoms with van der Waals surface area (Å²) in [6.45, 7) is 27.7. The van der Waals surface area contributed by atoms with Crippen molar-refractivity contribution in [1.82, 2.24) is 0 Å². The van der Waals surface area contributed by atoms with Crippen molar-refractivity contribution in [2.24, 2.45) is 0 Å². The fourth-order valence-corrected chi connectivity index (χ4v) is 14.8. The first-order valence-corrected chi connectivity index (χ1v) is 29.0. The average molecular weight is 1030 g/mol. The van der Waals surface area contributed by atoms with Gasteiger partial charge < -0.3 is 19.0 Å². The highest BCUT2D eigenvalue weighted by Crippen LogP contribution is 2.69. The quantitative estimate of drug-likeness (QED) is 0.160. The Labute approximate surface area is 466 Å². The number of benzene rings is 9. The van der Waals surface area contributed by atoms with Crippen molar-refractivity contribution in [3.05, 3.63) is 215 Å². The van der Waals surface area contributed by atoms with E-state index < -0.39 is 0 Å². The number of fused-ring (bicyclic) bond motifs is 13. The molecular weight excluding hydrogens is 966 g/mol. The van der Waals surface area contributed by atoms with Crippen molar-refractivity contribution < 1.29 is 4.42 Å². The second-order valence-electron chi connectivity index (χ2n) is 26.5. The summed E-state index contributed by atoms with van der Waals surface area (Å²) < 4.78 is 7.31. The first-order chi connectivity index (χ1) is 37.2. The van der Waals surface area contributed by atoms with Gasteiger partial charge in [-0.3, -0.25) is 0 Å². The Balaban J connectivity index is 1.12. The highest BCUT2D eigenvalue weighted by Gasteiger charge is 2.57. The van der Waals surface area contributed by atoms with Crippen molar-refractivity contribution >= 4 is 91.3 Å². The number of nitrogens with zero attached hydrogens (tertiary/aromatic N) is 3. The molecule has 78 heavy (non-hydrogen) atoms. The van der Waals surface area contributed by atoms with Crippen LogP contribution in [0, 0.1) is 0 Å². The molecule has 4 aliphatic rings. The summed E-state index contributed by atoms with van der Waals surface area (Å²) in [4.78, 5) is 9.44. The zero-order chi connectivity index (χ0) is 53.9. The monoisotopic (exact) mass is 1030 g/mol. The Morgan fingerprint density at radius 1 is 0.500 bits per heavy atom. The molecule has 9 aromatic carbocycles. The van der Waals surface area contributed by atoms with Gasteiger partial charge in [-0.1, -0.05) is 198 Å². The van der Waals surface area contributed by atoms with Gasteiger partial charge in [0, 0.05) is 66.4 Å². The summed E-state index contributed by atoms with van der Waals surface area (Å²) in [6, 6.07) is 69.8. The number of hydrogen-bond acceptors (Lipinski definition) is 5. The summed E-state index contributed by atoms with van der Waals surface area (Å²) in [5.41, 5.74) is 25.6. The van der Waals surface area contributed by atoms with Crippen LogP contribution in [0.3, 0.4) is 0 Å². The third-order valence-electron chi connectivity index (χ3n) is 17.4. The molecule has 0 amide bonds. The molecule has 2 atom stereocenters. The predicted molar refractivity (Wildman–Crippen MR) is 334 cm³/mol. The first kappa shape index (κ1) is 48.9. The number of thioether (sulfide) groups is 1. The SMILES string of the molecule is CC(C)(C)c1ccc(N(c2ccc(C(C)(C)C)cc2)c2ccc3c4c2C2Sc5ccccc5C2N4B2c4ccc(C(C)(C)C)cc4N(c4ccc(C(C)(C)C)cc4-c4ccccc4)c4cc5c(oc6ccccc65)c-3c42)cc1. The van der Waals surface area contributed by atoms with E-state index in [9.17, 15) is 0 Å². The Hall–Kier alpha value is -7.41. The predicted octanol–water partition coefficient (Wildman–Crippen LogP) is 19.2. The summed E-state index contributed by atoms with van der Waals surface area (Å²) >= 11 is 2.04. The summed E-state index contributed by atoms with van der Waals surface area (Å²) in [7, 11) is 0. The molecule has 4 nitrogen and oxygen atoms in total. The number of furan rings is 1. The lowest BCUT2D eigenvalue weighted by Crippen LogP contribution is -2.63. The minimum Gasteiger partial charge on any atom is -0.455 e. The van der Waals surface area contributed by atoms with Gasteiger partial charge >= 0.3 is 6.85 Å². The smallest absolute Gasteiger partial charge is 0.329 e. The van der Waals surface area contributed by atoms with Crippen molar-refractivity contribution in [2.75, 3.05) is 14.6 Å². The highest BCUT2D eigenvalue weighted by atomic mass is 32.2. The first-order valence-electron chi connectivity index (χ1n) is 28.1. The van der Waals surface area contributed by atoms with Crippen molar-refractivity contribution in [3.63, 3.8) is 0 Å². The maximum absolute atomic E-state index is 7.31. The second-order valence-corrected chi connectivity index (χ2v) is 27.7. The van der Waals surface area contributed by atoms with Crippen LogP contribution in [0.25, 0.3) is 44.2 Å². The van der Waals surface area contributed by atoms with Crippen LogP contribution >= 0.6 is 11.8 Å². The third kappa shape index (κ3) is 7.41. The molecular formula is C72H68BN3OS. The highest BCUT2D eigenvalue weighted by molar-refractivity contribution is 8.00. The largest absolute Gasteiger partial charge is 0.455 e. The topological polar surface area (TPSA) is 22.9 Å². The van der Waals surface area contributed by atoms with Gasteiger partial charge in [-0.15, -0.1) is 11.8 Å². The lowest BCUT2D eigenvalue weighted by molar-refractivity contribution is 0.590. The van der Waals surface area contributed by atoms with E-state index in [1.165, 1.54) is 99.9 Å². The second kappa shape index (κ2) is 17.0. The Kier molecular flexibility index (Phi) is 10.7. The number of anilines is 7. The summed E-state index contributed by atoms with van der Waals surface area (Å²) in [6.07, 6.45) is 0. The van der Waals surface area contributed by atoms with E-state index in [4.69, 9.17) is 4.42 Å². The minimum absolute atomic E-state index is 0.0182. The minimum atomic E-state index is -0.143. The maximum Gasteiger partial charge on any atom is 0.329 e. The summed E-state index contributed by atoms with van der Waals surface area (Å²) in [5.74, 6) is 0. The van der Waals surface area contributed by atoms with E-state index in [2.05, 4.69) is 280 Å². The summed E-state index contributed by atoms with van der Waals surface area (Å²) in [5, 5.41) is 2.37. The molecule has 2 unspecified atom stereocenters. The molecule has 0 saturated carbocycles. The van der Waals surface area contributed by atoms with Crippen LogP contribution in [0.2, 0.25) is 0 Å². The molecule has 0 bridgehead atoms. The fourth-order valence-electron chi connectivity index (χ4n) is 13.2. The van der Waals surface area contributed by atoms with Crippen molar-refractivity contribution in [1.29, 1.82) is 0 Å². The molecule has 14 rings (SSSR count). The molecule has 0 saturated heterocycles.